The van der Waals surface area contributed by atoms with Gasteiger partial charge in [-0.3, -0.25) is 0 Å². The fourth-order valence-electron chi connectivity index (χ4n) is 2.12. The van der Waals surface area contributed by atoms with Crippen LogP contribution >= 0.6 is 0 Å². The van der Waals surface area contributed by atoms with Gasteiger partial charge < -0.3 is 11.1 Å². The third-order valence-corrected chi connectivity index (χ3v) is 3.19. The highest BCUT2D eigenvalue weighted by Gasteiger charge is 2.14. The Kier molecular flexibility index (Phi) is 4.97. The van der Waals surface area contributed by atoms with Crippen molar-refractivity contribution < 1.29 is 0 Å². The summed E-state index contributed by atoms with van der Waals surface area (Å²) in [6.07, 6.45) is 1.09. The monoisotopic (exact) mass is 220 g/mol. The van der Waals surface area contributed by atoms with Crippen LogP contribution in [-0.2, 0) is 0 Å². The number of hydrogen-bond acceptors (Lipinski definition) is 2. The number of aryl methyl sites for hydroxylation is 2. The van der Waals surface area contributed by atoms with Gasteiger partial charge in [0.15, 0.2) is 0 Å². The fourth-order valence-corrected chi connectivity index (χ4v) is 2.12. The molecule has 3 N–H and O–H groups in total. The molecule has 2 heteroatoms. The molecular formula is C14H24N2. The zero-order valence-electron chi connectivity index (χ0n) is 10.9. The Morgan fingerprint density at radius 3 is 2.50 bits per heavy atom. The zero-order valence-corrected chi connectivity index (χ0v) is 10.9. The van der Waals surface area contributed by atoms with Crippen molar-refractivity contribution in [3.63, 3.8) is 0 Å². The van der Waals surface area contributed by atoms with Crippen LogP contribution in [0, 0.1) is 19.8 Å². The number of nitrogens with two attached hydrogens (primary N) is 1. The maximum absolute atomic E-state index is 5.69. The Labute approximate surface area is 99.2 Å². The molecule has 2 nitrogen and oxygen atoms in total. The van der Waals surface area contributed by atoms with Crippen LogP contribution in [0.3, 0.4) is 0 Å². The van der Waals surface area contributed by atoms with Gasteiger partial charge in [-0.2, -0.15) is 0 Å². The molecular weight excluding hydrogens is 196 g/mol. The minimum absolute atomic E-state index is 0.416. The molecule has 0 amide bonds. The minimum Gasteiger partial charge on any atom is -0.330 e. The van der Waals surface area contributed by atoms with Gasteiger partial charge in [0.05, 0.1) is 0 Å². The molecule has 0 aliphatic carbocycles. The highest BCUT2D eigenvalue weighted by atomic mass is 14.9. The molecule has 0 aliphatic heterocycles. The minimum atomic E-state index is 0.416. The molecule has 1 aromatic rings. The van der Waals surface area contributed by atoms with E-state index in [9.17, 15) is 0 Å². The Morgan fingerprint density at radius 2 is 2.00 bits per heavy atom. The Balaban J connectivity index is 2.86. The van der Waals surface area contributed by atoms with Crippen molar-refractivity contribution in [1.82, 2.24) is 5.32 Å². The number of benzene rings is 1. The second kappa shape index (κ2) is 6.02. The quantitative estimate of drug-likeness (QED) is 0.800. The lowest BCUT2D eigenvalue weighted by molar-refractivity contribution is 0.436. The molecule has 0 saturated heterocycles. The van der Waals surface area contributed by atoms with E-state index in [4.69, 9.17) is 5.73 Å². The SMILES string of the molecule is CNC(CC(C)CN)c1ccc(C)cc1C. The lowest BCUT2D eigenvalue weighted by Gasteiger charge is -2.22. The molecule has 2 unspecified atom stereocenters. The van der Waals surface area contributed by atoms with Crippen LogP contribution in [0.25, 0.3) is 0 Å². The molecule has 90 valence electrons. The topological polar surface area (TPSA) is 38.0 Å². The van der Waals surface area contributed by atoms with Gasteiger partial charge >= 0.3 is 0 Å². The average Bonchev–Trinajstić information content (AvgIpc) is 2.26. The largest absolute Gasteiger partial charge is 0.330 e. The van der Waals surface area contributed by atoms with Crippen molar-refractivity contribution in [3.05, 3.63) is 34.9 Å². The molecule has 1 rings (SSSR count). The van der Waals surface area contributed by atoms with E-state index in [-0.39, 0.29) is 0 Å². The lowest BCUT2D eigenvalue weighted by atomic mass is 9.92. The molecule has 16 heavy (non-hydrogen) atoms. The van der Waals surface area contributed by atoms with E-state index < -0.39 is 0 Å². The van der Waals surface area contributed by atoms with Gasteiger partial charge in [0.2, 0.25) is 0 Å². The summed E-state index contributed by atoms with van der Waals surface area (Å²) < 4.78 is 0. The fraction of sp³-hybridized carbons (Fsp3) is 0.571. The first kappa shape index (κ1) is 13.2. The van der Waals surface area contributed by atoms with Crippen molar-refractivity contribution >= 4 is 0 Å². The zero-order chi connectivity index (χ0) is 12.1. The maximum Gasteiger partial charge on any atom is 0.0323 e. The first-order valence-corrected chi connectivity index (χ1v) is 6.03. The van der Waals surface area contributed by atoms with Gasteiger partial charge in [-0.1, -0.05) is 30.7 Å². The molecule has 2 atom stereocenters. The summed E-state index contributed by atoms with van der Waals surface area (Å²) >= 11 is 0. The highest BCUT2D eigenvalue weighted by Crippen LogP contribution is 2.24. The van der Waals surface area contributed by atoms with Gasteiger partial charge in [0, 0.05) is 6.04 Å². The van der Waals surface area contributed by atoms with E-state index in [1.165, 1.54) is 16.7 Å². The first-order chi connectivity index (χ1) is 7.58. The van der Waals surface area contributed by atoms with Crippen LogP contribution in [0.1, 0.15) is 36.1 Å². The Bertz CT molecular complexity index is 334. The summed E-state index contributed by atoms with van der Waals surface area (Å²) in [5, 5.41) is 3.39. The maximum atomic E-state index is 5.69. The number of hydrogen-bond donors (Lipinski definition) is 2. The predicted molar refractivity (Wildman–Crippen MR) is 70.6 cm³/mol. The van der Waals surface area contributed by atoms with Gasteiger partial charge in [-0.15, -0.1) is 0 Å². The lowest BCUT2D eigenvalue weighted by Crippen LogP contribution is -2.23. The third-order valence-electron chi connectivity index (χ3n) is 3.19. The Hall–Kier alpha value is -0.860. The summed E-state index contributed by atoms with van der Waals surface area (Å²) in [4.78, 5) is 0. The van der Waals surface area contributed by atoms with Crippen molar-refractivity contribution in [3.8, 4) is 0 Å². The number of rotatable bonds is 5. The molecule has 0 radical (unpaired) electrons. The first-order valence-electron chi connectivity index (χ1n) is 6.03. The van der Waals surface area contributed by atoms with E-state index >= 15 is 0 Å². The van der Waals surface area contributed by atoms with E-state index in [1.807, 2.05) is 7.05 Å². The normalized spacial score (nSPS) is 14.8. The van der Waals surface area contributed by atoms with Crippen molar-refractivity contribution in [2.75, 3.05) is 13.6 Å². The second-order valence-corrected chi connectivity index (χ2v) is 4.78. The van der Waals surface area contributed by atoms with Gasteiger partial charge in [0.25, 0.3) is 0 Å². The summed E-state index contributed by atoms with van der Waals surface area (Å²) in [5.74, 6) is 0.554. The van der Waals surface area contributed by atoms with Crippen molar-refractivity contribution in [1.29, 1.82) is 0 Å². The Morgan fingerprint density at radius 1 is 1.31 bits per heavy atom. The van der Waals surface area contributed by atoms with E-state index in [0.29, 0.717) is 12.0 Å². The molecule has 0 heterocycles. The summed E-state index contributed by atoms with van der Waals surface area (Å²) in [6, 6.07) is 7.07. The summed E-state index contributed by atoms with van der Waals surface area (Å²) in [6.45, 7) is 7.27. The van der Waals surface area contributed by atoms with Crippen LogP contribution < -0.4 is 11.1 Å². The number of nitrogens with one attached hydrogen (secondary N) is 1. The second-order valence-electron chi connectivity index (χ2n) is 4.78. The molecule has 0 spiro atoms. The standard InChI is InChI=1S/C14H24N2/c1-10-5-6-13(12(3)7-10)14(16-4)8-11(2)9-15/h5-7,11,14,16H,8-9,15H2,1-4H3. The van der Waals surface area contributed by atoms with Crippen LogP contribution in [-0.4, -0.2) is 13.6 Å². The van der Waals surface area contributed by atoms with Crippen LogP contribution in [0.4, 0.5) is 0 Å². The molecule has 1 aromatic carbocycles. The van der Waals surface area contributed by atoms with Gasteiger partial charge in [-0.05, 0) is 50.9 Å². The highest BCUT2D eigenvalue weighted by molar-refractivity contribution is 5.32. The van der Waals surface area contributed by atoms with Gasteiger partial charge in [-0.25, -0.2) is 0 Å². The molecule has 0 aliphatic rings. The molecule has 0 fully saturated rings. The van der Waals surface area contributed by atoms with Crippen LogP contribution in [0.2, 0.25) is 0 Å². The van der Waals surface area contributed by atoms with Crippen molar-refractivity contribution in [2.24, 2.45) is 11.7 Å². The van der Waals surface area contributed by atoms with E-state index in [2.05, 4.69) is 44.3 Å². The smallest absolute Gasteiger partial charge is 0.0323 e. The average molecular weight is 220 g/mol. The summed E-state index contributed by atoms with van der Waals surface area (Å²) in [5.41, 5.74) is 9.77. The van der Waals surface area contributed by atoms with Crippen LogP contribution in [0.5, 0.6) is 0 Å². The van der Waals surface area contributed by atoms with Gasteiger partial charge in [0.1, 0.15) is 0 Å². The van der Waals surface area contributed by atoms with E-state index in [0.717, 1.165) is 13.0 Å². The predicted octanol–water partition coefficient (Wildman–Crippen LogP) is 2.55. The van der Waals surface area contributed by atoms with E-state index in [1.54, 1.807) is 0 Å². The molecule has 0 saturated carbocycles. The third kappa shape index (κ3) is 3.32. The van der Waals surface area contributed by atoms with Crippen LogP contribution in [0.15, 0.2) is 18.2 Å². The molecule has 0 bridgehead atoms. The molecule has 0 aromatic heterocycles. The van der Waals surface area contributed by atoms with Crippen molar-refractivity contribution in [2.45, 2.75) is 33.2 Å². The summed E-state index contributed by atoms with van der Waals surface area (Å²) in [7, 11) is 2.02.